The van der Waals surface area contributed by atoms with Crippen LogP contribution in [0.15, 0.2) is 35.2 Å². The number of anilines is 2. The van der Waals surface area contributed by atoms with E-state index in [0.29, 0.717) is 25.9 Å². The molecule has 7 nitrogen and oxygen atoms in total. The van der Waals surface area contributed by atoms with Gasteiger partial charge in [-0.1, -0.05) is 37.7 Å². The number of carbonyl (C=O) groups is 2. The Morgan fingerprint density at radius 3 is 2.61 bits per heavy atom. The molecule has 4 heterocycles. The van der Waals surface area contributed by atoms with Gasteiger partial charge in [0.05, 0.1) is 5.69 Å². The summed E-state index contributed by atoms with van der Waals surface area (Å²) in [6.07, 6.45) is 0.984. The van der Waals surface area contributed by atoms with E-state index in [1.807, 2.05) is 42.2 Å². The zero-order valence-corrected chi connectivity index (χ0v) is 19.0. The van der Waals surface area contributed by atoms with Gasteiger partial charge < -0.3 is 9.80 Å². The van der Waals surface area contributed by atoms with E-state index in [0.717, 1.165) is 41.0 Å². The van der Waals surface area contributed by atoms with Crippen molar-refractivity contribution in [1.29, 1.82) is 0 Å². The molecule has 2 aromatic rings. The number of piperazine rings is 1. The molecule has 3 aliphatic heterocycles. The van der Waals surface area contributed by atoms with Crippen molar-refractivity contribution in [1.82, 2.24) is 14.9 Å². The molecule has 0 unspecified atom stereocenters. The van der Waals surface area contributed by atoms with E-state index in [1.165, 1.54) is 0 Å². The Bertz CT molecular complexity index is 1050. The van der Waals surface area contributed by atoms with Crippen LogP contribution >= 0.6 is 11.8 Å². The minimum atomic E-state index is -0.820. The molecule has 162 valence electrons. The minimum Gasteiger partial charge on any atom is -0.353 e. The first-order valence-corrected chi connectivity index (χ1v) is 11.7. The molecule has 31 heavy (non-hydrogen) atoms. The standard InChI is InChI=1S/C23H27N5O2S/c1-15(2)21-24-16(3)14-19(25-21)26-10-12-27(13-11-26)22(30)23-9-8-20(29)28(23)17-6-4-5-7-18(17)31-23/h4-7,14-15H,8-13H2,1-3H3/t23-/m1/s1. The van der Waals surface area contributed by atoms with Crippen LogP contribution in [-0.2, 0) is 9.59 Å². The van der Waals surface area contributed by atoms with Crippen molar-refractivity contribution in [2.24, 2.45) is 0 Å². The molecule has 1 aromatic carbocycles. The summed E-state index contributed by atoms with van der Waals surface area (Å²) in [4.78, 5) is 41.8. The van der Waals surface area contributed by atoms with Gasteiger partial charge in [-0.05, 0) is 25.5 Å². The monoisotopic (exact) mass is 437 g/mol. The van der Waals surface area contributed by atoms with Gasteiger partial charge in [0.15, 0.2) is 4.87 Å². The summed E-state index contributed by atoms with van der Waals surface area (Å²) in [5, 5.41) is 0. The SMILES string of the molecule is Cc1cc(N2CCN(C(=O)[C@]34CCC(=O)N3c3ccccc3S4)CC2)nc(C(C)C)n1. The predicted molar refractivity (Wildman–Crippen MR) is 121 cm³/mol. The maximum atomic E-state index is 13.7. The highest BCUT2D eigenvalue weighted by Gasteiger charge is 2.58. The van der Waals surface area contributed by atoms with Crippen LogP contribution in [0, 0.1) is 6.92 Å². The van der Waals surface area contributed by atoms with E-state index in [4.69, 9.17) is 4.98 Å². The van der Waals surface area contributed by atoms with Gasteiger partial charge in [-0.2, -0.15) is 0 Å². The number of amides is 2. The second-order valence-electron chi connectivity index (χ2n) is 8.74. The number of para-hydroxylation sites is 1. The highest BCUT2D eigenvalue weighted by Crippen LogP contribution is 2.56. The third-order valence-electron chi connectivity index (χ3n) is 6.27. The Balaban J connectivity index is 1.34. The number of thioether (sulfide) groups is 1. The molecular weight excluding hydrogens is 410 g/mol. The quantitative estimate of drug-likeness (QED) is 0.735. The largest absolute Gasteiger partial charge is 0.353 e. The van der Waals surface area contributed by atoms with Crippen molar-refractivity contribution in [3.8, 4) is 0 Å². The van der Waals surface area contributed by atoms with Crippen LogP contribution < -0.4 is 9.80 Å². The van der Waals surface area contributed by atoms with Crippen molar-refractivity contribution in [2.75, 3.05) is 36.0 Å². The normalized spacial score (nSPS) is 22.8. The maximum Gasteiger partial charge on any atom is 0.259 e. The molecule has 1 atom stereocenters. The van der Waals surface area contributed by atoms with Crippen LogP contribution in [0.2, 0.25) is 0 Å². The molecule has 0 spiro atoms. The van der Waals surface area contributed by atoms with Crippen molar-refractivity contribution >= 4 is 35.1 Å². The highest BCUT2D eigenvalue weighted by molar-refractivity contribution is 8.02. The lowest BCUT2D eigenvalue weighted by Crippen LogP contribution is -2.58. The molecule has 3 aliphatic rings. The Morgan fingerprint density at radius 1 is 1.13 bits per heavy atom. The van der Waals surface area contributed by atoms with Crippen LogP contribution in [0.25, 0.3) is 0 Å². The fraction of sp³-hybridized carbons (Fsp3) is 0.478. The first-order chi connectivity index (χ1) is 14.9. The summed E-state index contributed by atoms with van der Waals surface area (Å²) >= 11 is 1.54. The number of aryl methyl sites for hydroxylation is 1. The van der Waals surface area contributed by atoms with Gasteiger partial charge in [0, 0.05) is 55.2 Å². The summed E-state index contributed by atoms with van der Waals surface area (Å²) in [7, 11) is 0. The molecular formula is C23H27N5O2S. The Hall–Kier alpha value is -2.61. The van der Waals surface area contributed by atoms with Crippen LogP contribution in [0.1, 0.15) is 44.1 Å². The smallest absolute Gasteiger partial charge is 0.259 e. The van der Waals surface area contributed by atoms with Crippen molar-refractivity contribution in [3.05, 3.63) is 41.9 Å². The Morgan fingerprint density at radius 2 is 1.87 bits per heavy atom. The van der Waals surface area contributed by atoms with Crippen molar-refractivity contribution in [3.63, 3.8) is 0 Å². The van der Waals surface area contributed by atoms with Crippen LogP contribution in [0.5, 0.6) is 0 Å². The van der Waals surface area contributed by atoms with Gasteiger partial charge in [0.1, 0.15) is 11.6 Å². The summed E-state index contributed by atoms with van der Waals surface area (Å²) < 4.78 is 0. The van der Waals surface area contributed by atoms with E-state index >= 15 is 0 Å². The molecule has 2 fully saturated rings. The fourth-order valence-corrected chi connectivity index (χ4v) is 6.15. The second kappa shape index (κ2) is 7.51. The third-order valence-corrected chi connectivity index (χ3v) is 7.74. The third kappa shape index (κ3) is 3.28. The number of fused-ring (bicyclic) bond motifs is 3. The molecule has 0 saturated carbocycles. The molecule has 0 radical (unpaired) electrons. The first-order valence-electron chi connectivity index (χ1n) is 10.9. The van der Waals surface area contributed by atoms with E-state index in [9.17, 15) is 9.59 Å². The molecule has 1 aromatic heterocycles. The number of hydrogen-bond donors (Lipinski definition) is 0. The van der Waals surface area contributed by atoms with Crippen LogP contribution in [0.3, 0.4) is 0 Å². The average molecular weight is 438 g/mol. The number of nitrogens with zero attached hydrogens (tertiary/aromatic N) is 5. The van der Waals surface area contributed by atoms with E-state index in [-0.39, 0.29) is 17.7 Å². The number of rotatable bonds is 3. The molecule has 0 aliphatic carbocycles. The first kappa shape index (κ1) is 20.3. The van der Waals surface area contributed by atoms with Gasteiger partial charge in [-0.25, -0.2) is 9.97 Å². The van der Waals surface area contributed by atoms with Gasteiger partial charge in [0.25, 0.3) is 5.91 Å². The number of carbonyl (C=O) groups excluding carboxylic acids is 2. The average Bonchev–Trinajstić information content (AvgIpc) is 3.28. The van der Waals surface area contributed by atoms with E-state index in [2.05, 4.69) is 23.7 Å². The topological polar surface area (TPSA) is 69.6 Å². The lowest BCUT2D eigenvalue weighted by Gasteiger charge is -2.40. The summed E-state index contributed by atoms with van der Waals surface area (Å²) in [6.45, 7) is 8.89. The lowest BCUT2D eigenvalue weighted by molar-refractivity contribution is -0.134. The summed E-state index contributed by atoms with van der Waals surface area (Å²) in [5.74, 6) is 2.16. The number of benzene rings is 1. The van der Waals surface area contributed by atoms with E-state index < -0.39 is 4.87 Å². The fourth-order valence-electron chi connectivity index (χ4n) is 4.66. The predicted octanol–water partition coefficient (Wildman–Crippen LogP) is 3.19. The van der Waals surface area contributed by atoms with Crippen molar-refractivity contribution in [2.45, 2.75) is 49.3 Å². The highest BCUT2D eigenvalue weighted by atomic mass is 32.2. The summed E-state index contributed by atoms with van der Waals surface area (Å²) in [6, 6.07) is 9.86. The zero-order chi connectivity index (χ0) is 21.8. The van der Waals surface area contributed by atoms with Crippen molar-refractivity contribution < 1.29 is 9.59 Å². The summed E-state index contributed by atoms with van der Waals surface area (Å²) in [5.41, 5.74) is 1.84. The lowest BCUT2D eigenvalue weighted by atomic mass is 10.1. The van der Waals surface area contributed by atoms with Crippen LogP contribution in [-0.4, -0.2) is 57.7 Å². The molecule has 5 rings (SSSR count). The number of hydrogen-bond acceptors (Lipinski definition) is 6. The Labute approximate surface area is 186 Å². The van der Waals surface area contributed by atoms with Gasteiger partial charge in [-0.3, -0.25) is 14.5 Å². The minimum absolute atomic E-state index is 0.0436. The molecule has 2 saturated heterocycles. The van der Waals surface area contributed by atoms with Crippen LogP contribution in [0.4, 0.5) is 11.5 Å². The zero-order valence-electron chi connectivity index (χ0n) is 18.2. The van der Waals surface area contributed by atoms with Gasteiger partial charge in [0.2, 0.25) is 5.91 Å². The van der Waals surface area contributed by atoms with Gasteiger partial charge in [-0.15, -0.1) is 0 Å². The van der Waals surface area contributed by atoms with E-state index in [1.54, 1.807) is 16.7 Å². The Kier molecular flexibility index (Phi) is 4.92. The maximum absolute atomic E-state index is 13.7. The molecule has 0 N–H and O–H groups in total. The van der Waals surface area contributed by atoms with Gasteiger partial charge >= 0.3 is 0 Å². The molecule has 8 heteroatoms. The molecule has 0 bridgehead atoms. The number of aromatic nitrogens is 2. The second-order valence-corrected chi connectivity index (χ2v) is 10.1. The molecule has 2 amide bonds.